The second-order valence-electron chi connectivity index (χ2n) is 3.21. The van der Waals surface area contributed by atoms with Gasteiger partial charge >= 0.3 is 0 Å². The van der Waals surface area contributed by atoms with Crippen molar-refractivity contribution < 1.29 is 4.74 Å². The molecule has 1 N–H and O–H groups in total. The summed E-state index contributed by atoms with van der Waals surface area (Å²) >= 11 is 0. The maximum absolute atomic E-state index is 5.36. The minimum absolute atomic E-state index is 0.361. The minimum Gasteiger partial charge on any atom is -0.353 e. The molecule has 1 rings (SSSR count). The van der Waals surface area contributed by atoms with Gasteiger partial charge in [-0.2, -0.15) is 0 Å². The summed E-state index contributed by atoms with van der Waals surface area (Å²) in [4.78, 5) is 0. The molecule has 1 heterocycles. The van der Waals surface area contributed by atoms with Crippen LogP contribution in [-0.4, -0.2) is 18.4 Å². The third kappa shape index (κ3) is 2.27. The number of hydrogen-bond acceptors (Lipinski definition) is 2. The summed E-state index contributed by atoms with van der Waals surface area (Å²) in [6, 6.07) is 0.548. The second kappa shape index (κ2) is 3.35. The fraction of sp³-hybridized carbons (Fsp3) is 1.00. The van der Waals surface area contributed by atoms with E-state index in [1.807, 2.05) is 0 Å². The molecule has 1 fully saturated rings. The number of hydrogen-bond donors (Lipinski definition) is 1. The molecule has 2 heteroatoms. The van der Waals surface area contributed by atoms with Gasteiger partial charge < -0.3 is 4.74 Å². The van der Waals surface area contributed by atoms with Crippen LogP contribution in [-0.2, 0) is 4.74 Å². The first-order valence-electron chi connectivity index (χ1n) is 4.15. The quantitative estimate of drug-likeness (QED) is 0.603. The van der Waals surface area contributed by atoms with Crippen LogP contribution in [0.1, 0.15) is 33.6 Å². The van der Waals surface area contributed by atoms with Crippen LogP contribution in [0.5, 0.6) is 0 Å². The summed E-state index contributed by atoms with van der Waals surface area (Å²) in [7, 11) is 0. The smallest absolute Gasteiger partial charge is 0.135 e. The summed E-state index contributed by atoms with van der Waals surface area (Å²) in [5.41, 5.74) is 0. The molecule has 0 amide bonds. The molecule has 0 radical (unpaired) electrons. The van der Waals surface area contributed by atoms with E-state index in [1.54, 1.807) is 0 Å². The number of ether oxygens (including phenoxy) is 1. The van der Waals surface area contributed by atoms with Gasteiger partial charge in [-0.1, -0.05) is 13.3 Å². The van der Waals surface area contributed by atoms with Gasteiger partial charge in [0.05, 0.1) is 6.10 Å². The van der Waals surface area contributed by atoms with Gasteiger partial charge in [0.2, 0.25) is 0 Å². The van der Waals surface area contributed by atoms with Crippen molar-refractivity contribution in [3.05, 3.63) is 0 Å². The average molecular weight is 143 g/mol. The van der Waals surface area contributed by atoms with Crippen molar-refractivity contribution in [1.82, 2.24) is 5.32 Å². The summed E-state index contributed by atoms with van der Waals surface area (Å²) in [5.74, 6) is 0. The van der Waals surface area contributed by atoms with E-state index in [0.717, 1.165) is 0 Å². The lowest BCUT2D eigenvalue weighted by Gasteiger charge is -2.02. The number of nitrogens with one attached hydrogen (secondary N) is 1. The Morgan fingerprint density at radius 2 is 2.20 bits per heavy atom. The number of epoxide rings is 1. The summed E-state index contributed by atoms with van der Waals surface area (Å²) < 4.78 is 5.36. The van der Waals surface area contributed by atoms with Gasteiger partial charge in [-0.25, -0.2) is 0 Å². The van der Waals surface area contributed by atoms with Crippen LogP contribution in [0.15, 0.2) is 0 Å². The highest BCUT2D eigenvalue weighted by atomic mass is 16.6. The molecule has 10 heavy (non-hydrogen) atoms. The van der Waals surface area contributed by atoms with E-state index in [0.29, 0.717) is 18.4 Å². The Morgan fingerprint density at radius 1 is 1.50 bits per heavy atom. The second-order valence-corrected chi connectivity index (χ2v) is 3.21. The van der Waals surface area contributed by atoms with E-state index in [9.17, 15) is 0 Å². The molecule has 0 spiro atoms. The van der Waals surface area contributed by atoms with E-state index in [-0.39, 0.29) is 0 Å². The lowest BCUT2D eigenvalue weighted by molar-refractivity contribution is 0.329. The van der Waals surface area contributed by atoms with Crippen LogP contribution in [0, 0.1) is 0 Å². The Kier molecular flexibility index (Phi) is 2.69. The van der Waals surface area contributed by atoms with Crippen LogP contribution in [0.4, 0.5) is 0 Å². The van der Waals surface area contributed by atoms with Crippen molar-refractivity contribution in [2.75, 3.05) is 0 Å². The van der Waals surface area contributed by atoms with Gasteiger partial charge in [-0.15, -0.1) is 0 Å². The fourth-order valence-electron chi connectivity index (χ4n) is 1.12. The lowest BCUT2D eigenvalue weighted by Crippen LogP contribution is -2.27. The van der Waals surface area contributed by atoms with Crippen molar-refractivity contribution >= 4 is 0 Å². The van der Waals surface area contributed by atoms with Gasteiger partial charge in [0, 0.05) is 6.04 Å². The predicted octanol–water partition coefficient (Wildman–Crippen LogP) is 1.51. The molecule has 60 valence electrons. The highest BCUT2D eigenvalue weighted by molar-refractivity contribution is 4.82. The van der Waals surface area contributed by atoms with Crippen molar-refractivity contribution in [2.45, 2.75) is 52.0 Å². The maximum Gasteiger partial charge on any atom is 0.135 e. The maximum atomic E-state index is 5.36. The molecular weight excluding hydrogens is 126 g/mol. The molecule has 0 aromatic rings. The Labute approximate surface area is 63.0 Å². The number of rotatable bonds is 4. The Morgan fingerprint density at radius 3 is 2.70 bits per heavy atom. The first kappa shape index (κ1) is 8.02. The highest BCUT2D eigenvalue weighted by Crippen LogP contribution is 2.24. The predicted molar refractivity (Wildman–Crippen MR) is 41.8 cm³/mol. The van der Waals surface area contributed by atoms with Crippen LogP contribution >= 0.6 is 0 Å². The minimum atomic E-state index is 0.361. The zero-order chi connectivity index (χ0) is 7.56. The third-order valence-corrected chi connectivity index (χ3v) is 1.65. The summed E-state index contributed by atoms with van der Waals surface area (Å²) in [6.07, 6.45) is 3.29. The first-order valence-corrected chi connectivity index (χ1v) is 4.15. The zero-order valence-electron chi connectivity index (χ0n) is 7.05. The van der Waals surface area contributed by atoms with E-state index < -0.39 is 0 Å². The largest absolute Gasteiger partial charge is 0.353 e. The standard InChI is InChI=1S/C8H17NO/c1-4-5-7-8(10-7)9-6(2)3/h6-9H,4-5H2,1-3H3. The zero-order valence-corrected chi connectivity index (χ0v) is 7.05. The van der Waals surface area contributed by atoms with E-state index in [2.05, 4.69) is 26.1 Å². The normalized spacial score (nSPS) is 31.2. The van der Waals surface area contributed by atoms with Crippen LogP contribution in [0.2, 0.25) is 0 Å². The SMILES string of the molecule is CCCC1OC1NC(C)C. The van der Waals surface area contributed by atoms with Crippen molar-refractivity contribution in [3.63, 3.8) is 0 Å². The van der Waals surface area contributed by atoms with Gasteiger partial charge in [0.1, 0.15) is 6.23 Å². The Balaban J connectivity index is 2.02. The lowest BCUT2D eigenvalue weighted by atomic mass is 10.2. The average Bonchev–Trinajstić information content (AvgIpc) is 2.47. The van der Waals surface area contributed by atoms with Crippen molar-refractivity contribution in [1.29, 1.82) is 0 Å². The van der Waals surface area contributed by atoms with Gasteiger partial charge in [-0.05, 0) is 20.3 Å². The van der Waals surface area contributed by atoms with Crippen molar-refractivity contribution in [2.24, 2.45) is 0 Å². The molecule has 1 saturated heterocycles. The highest BCUT2D eigenvalue weighted by Gasteiger charge is 2.37. The Bertz CT molecular complexity index is 103. The topological polar surface area (TPSA) is 24.6 Å². The molecule has 1 aliphatic heterocycles. The molecule has 2 atom stereocenters. The Hall–Kier alpha value is -0.0800. The van der Waals surface area contributed by atoms with E-state index in [4.69, 9.17) is 4.74 Å². The molecular formula is C8H17NO. The molecule has 0 aliphatic carbocycles. The molecule has 0 bridgehead atoms. The van der Waals surface area contributed by atoms with Crippen LogP contribution in [0.3, 0.4) is 0 Å². The fourth-order valence-corrected chi connectivity index (χ4v) is 1.12. The van der Waals surface area contributed by atoms with Gasteiger partial charge in [-0.3, -0.25) is 5.32 Å². The molecule has 0 aromatic carbocycles. The molecule has 0 saturated carbocycles. The van der Waals surface area contributed by atoms with Gasteiger partial charge in [0.15, 0.2) is 0 Å². The monoisotopic (exact) mass is 143 g/mol. The first-order chi connectivity index (χ1) is 4.74. The van der Waals surface area contributed by atoms with E-state index in [1.165, 1.54) is 12.8 Å². The summed E-state index contributed by atoms with van der Waals surface area (Å²) in [6.45, 7) is 6.48. The summed E-state index contributed by atoms with van der Waals surface area (Å²) in [5, 5.41) is 3.33. The molecule has 2 unspecified atom stereocenters. The van der Waals surface area contributed by atoms with E-state index >= 15 is 0 Å². The molecule has 2 nitrogen and oxygen atoms in total. The molecule has 1 aliphatic rings. The van der Waals surface area contributed by atoms with Gasteiger partial charge in [0.25, 0.3) is 0 Å². The molecule has 0 aromatic heterocycles. The van der Waals surface area contributed by atoms with Crippen molar-refractivity contribution in [3.8, 4) is 0 Å². The van der Waals surface area contributed by atoms with Crippen LogP contribution in [0.25, 0.3) is 0 Å². The third-order valence-electron chi connectivity index (χ3n) is 1.65. The van der Waals surface area contributed by atoms with Crippen LogP contribution < -0.4 is 5.32 Å².